The molecule has 0 aliphatic rings. The number of carbonyl (C=O) groups is 1. The fourth-order valence-electron chi connectivity index (χ4n) is 3.80. The van der Waals surface area contributed by atoms with Crippen LogP contribution in [-0.2, 0) is 17.4 Å². The number of methoxy groups -OCH3 is 1. The third kappa shape index (κ3) is 4.28. The molecule has 0 aliphatic carbocycles. The van der Waals surface area contributed by atoms with Crippen LogP contribution in [0.2, 0.25) is 0 Å². The minimum Gasteiger partial charge on any atom is -0.497 e. The van der Waals surface area contributed by atoms with Crippen molar-refractivity contribution in [3.63, 3.8) is 0 Å². The van der Waals surface area contributed by atoms with Crippen molar-refractivity contribution in [2.45, 2.75) is 25.6 Å². The summed E-state index contributed by atoms with van der Waals surface area (Å²) < 4.78 is 46.2. The summed E-state index contributed by atoms with van der Waals surface area (Å²) in [6.07, 6.45) is -2.63. The molecular weight excluding hydrogens is 437 g/mol. The third-order valence-corrected chi connectivity index (χ3v) is 5.50. The second-order valence-corrected chi connectivity index (χ2v) is 7.56. The molecule has 1 unspecified atom stereocenters. The number of amides is 1. The second-order valence-electron chi connectivity index (χ2n) is 7.56. The summed E-state index contributed by atoms with van der Waals surface area (Å²) in [5, 5.41) is 3.66. The van der Waals surface area contributed by atoms with Gasteiger partial charge in [0, 0.05) is 23.6 Å². The lowest BCUT2D eigenvalue weighted by Gasteiger charge is -2.19. The van der Waals surface area contributed by atoms with E-state index in [0.29, 0.717) is 12.2 Å². The number of halogens is 3. The second kappa shape index (κ2) is 8.61. The molecule has 7 nitrogen and oxygen atoms in total. The number of carbonyl (C=O) groups excluding carboxylic acids is 1. The summed E-state index contributed by atoms with van der Waals surface area (Å²) >= 11 is 0. The molecule has 33 heavy (non-hydrogen) atoms. The van der Waals surface area contributed by atoms with Crippen LogP contribution < -0.4 is 15.6 Å². The maximum atomic E-state index is 13.4. The van der Waals surface area contributed by atoms with Crippen molar-refractivity contribution in [1.29, 1.82) is 0 Å². The van der Waals surface area contributed by atoms with Crippen molar-refractivity contribution < 1.29 is 22.7 Å². The molecule has 0 saturated carbocycles. The summed E-state index contributed by atoms with van der Waals surface area (Å²) in [6.45, 7) is 1.62. The Kier molecular flexibility index (Phi) is 5.84. The van der Waals surface area contributed by atoms with Gasteiger partial charge in [-0.05, 0) is 49.2 Å². The number of aromatic amines is 1. The molecule has 2 N–H and O–H groups in total. The minimum atomic E-state index is -4.94. The number of aromatic nitrogens is 3. The van der Waals surface area contributed by atoms with E-state index in [2.05, 4.69) is 15.3 Å². The molecule has 2 aromatic heterocycles. The molecule has 10 heteroatoms. The molecule has 0 fully saturated rings. The van der Waals surface area contributed by atoms with Gasteiger partial charge in [-0.1, -0.05) is 12.1 Å². The van der Waals surface area contributed by atoms with Gasteiger partial charge in [0.05, 0.1) is 18.1 Å². The van der Waals surface area contributed by atoms with Crippen molar-refractivity contribution in [1.82, 2.24) is 19.9 Å². The van der Waals surface area contributed by atoms with E-state index in [1.807, 2.05) is 24.4 Å². The Bertz CT molecular complexity index is 1390. The molecule has 4 rings (SSSR count). The van der Waals surface area contributed by atoms with Gasteiger partial charge in [0.1, 0.15) is 11.8 Å². The molecule has 0 saturated heterocycles. The molecule has 1 atom stereocenters. The summed E-state index contributed by atoms with van der Waals surface area (Å²) in [7, 11) is 1.57. The number of fused-ring (bicyclic) bond motifs is 2. The van der Waals surface area contributed by atoms with E-state index in [1.54, 1.807) is 13.2 Å². The van der Waals surface area contributed by atoms with Crippen molar-refractivity contribution in [2.24, 2.45) is 0 Å². The van der Waals surface area contributed by atoms with Gasteiger partial charge in [0.2, 0.25) is 11.6 Å². The quantitative estimate of drug-likeness (QED) is 0.460. The van der Waals surface area contributed by atoms with Crippen molar-refractivity contribution in [2.75, 3.05) is 13.7 Å². The summed E-state index contributed by atoms with van der Waals surface area (Å²) in [5.74, 6) is 0.129. The minimum absolute atomic E-state index is 0.0168. The van der Waals surface area contributed by atoms with E-state index < -0.39 is 29.4 Å². The van der Waals surface area contributed by atoms with Gasteiger partial charge in [-0.15, -0.1) is 0 Å². The van der Waals surface area contributed by atoms with Crippen LogP contribution in [0.3, 0.4) is 0 Å². The summed E-state index contributed by atoms with van der Waals surface area (Å²) in [6, 6.07) is 10.4. The SMILES string of the molecule is COc1ccc2[nH]cc(CCNC(=O)C(C)n3c(=O)c(C(F)(F)F)nc4ccccc43)c2c1. The van der Waals surface area contributed by atoms with Crippen LogP contribution >= 0.6 is 0 Å². The molecule has 172 valence electrons. The number of hydrogen-bond donors (Lipinski definition) is 2. The average Bonchev–Trinajstić information content (AvgIpc) is 3.19. The number of benzene rings is 2. The van der Waals surface area contributed by atoms with E-state index in [0.717, 1.165) is 21.0 Å². The van der Waals surface area contributed by atoms with Gasteiger partial charge < -0.3 is 15.0 Å². The first kappa shape index (κ1) is 22.4. The average molecular weight is 458 g/mol. The van der Waals surface area contributed by atoms with Crippen molar-refractivity contribution >= 4 is 27.8 Å². The first-order valence-electron chi connectivity index (χ1n) is 10.2. The zero-order chi connectivity index (χ0) is 23.8. The lowest BCUT2D eigenvalue weighted by atomic mass is 10.1. The highest BCUT2D eigenvalue weighted by molar-refractivity contribution is 5.85. The highest BCUT2D eigenvalue weighted by Crippen LogP contribution is 2.27. The van der Waals surface area contributed by atoms with E-state index in [1.165, 1.54) is 25.1 Å². The molecule has 2 aromatic carbocycles. The Morgan fingerprint density at radius 1 is 1.24 bits per heavy atom. The molecular formula is C23H21F3N4O3. The van der Waals surface area contributed by atoms with Gasteiger partial charge in [-0.3, -0.25) is 14.2 Å². The number of nitrogens with one attached hydrogen (secondary N) is 2. The number of ether oxygens (including phenoxy) is 1. The maximum Gasteiger partial charge on any atom is 0.438 e. The summed E-state index contributed by atoms with van der Waals surface area (Å²) in [4.78, 5) is 32.1. The standard InChI is InChI=1S/C23H21F3N4O3/c1-13(30-19-6-4-3-5-18(19)29-20(22(30)32)23(24,25)26)21(31)27-10-9-14-12-28-17-8-7-15(33-2)11-16(14)17/h3-8,11-13,28H,9-10H2,1-2H3,(H,27,31). The van der Waals surface area contributed by atoms with E-state index in [9.17, 15) is 22.8 Å². The monoisotopic (exact) mass is 458 g/mol. The normalized spacial score (nSPS) is 12.8. The lowest BCUT2D eigenvalue weighted by Crippen LogP contribution is -2.39. The smallest absolute Gasteiger partial charge is 0.438 e. The Morgan fingerprint density at radius 2 is 2.00 bits per heavy atom. The van der Waals surface area contributed by atoms with Gasteiger partial charge in [-0.2, -0.15) is 13.2 Å². The van der Waals surface area contributed by atoms with Gasteiger partial charge in [0.25, 0.3) is 5.56 Å². The van der Waals surface area contributed by atoms with Crippen molar-refractivity contribution in [3.8, 4) is 5.75 Å². The highest BCUT2D eigenvalue weighted by atomic mass is 19.4. The van der Waals surface area contributed by atoms with Crippen molar-refractivity contribution in [3.05, 3.63) is 70.3 Å². The molecule has 0 bridgehead atoms. The zero-order valence-corrected chi connectivity index (χ0v) is 17.9. The fraction of sp³-hybridized carbons (Fsp3) is 0.261. The first-order chi connectivity index (χ1) is 15.7. The molecule has 0 radical (unpaired) electrons. The Balaban J connectivity index is 1.57. The topological polar surface area (TPSA) is 89.0 Å². The fourth-order valence-corrected chi connectivity index (χ4v) is 3.80. The molecule has 2 heterocycles. The van der Waals surface area contributed by atoms with E-state index in [-0.39, 0.29) is 17.6 Å². The summed E-state index contributed by atoms with van der Waals surface area (Å²) in [5.41, 5.74) is -0.900. The number of rotatable bonds is 6. The van der Waals surface area contributed by atoms with Crippen LogP contribution in [0.25, 0.3) is 21.9 Å². The largest absolute Gasteiger partial charge is 0.497 e. The molecule has 0 spiro atoms. The Morgan fingerprint density at radius 3 is 2.73 bits per heavy atom. The zero-order valence-electron chi connectivity index (χ0n) is 17.9. The third-order valence-electron chi connectivity index (χ3n) is 5.50. The van der Waals surface area contributed by atoms with E-state index in [4.69, 9.17) is 4.74 Å². The number of H-pyrrole nitrogens is 1. The highest BCUT2D eigenvalue weighted by Gasteiger charge is 2.38. The van der Waals surface area contributed by atoms with Gasteiger partial charge in [-0.25, -0.2) is 4.98 Å². The lowest BCUT2D eigenvalue weighted by molar-refractivity contribution is -0.142. The van der Waals surface area contributed by atoms with Crippen LogP contribution in [0.15, 0.2) is 53.5 Å². The number of alkyl halides is 3. The van der Waals surface area contributed by atoms with Crippen LogP contribution in [0.4, 0.5) is 13.2 Å². The van der Waals surface area contributed by atoms with E-state index >= 15 is 0 Å². The van der Waals surface area contributed by atoms with Crippen LogP contribution in [0.1, 0.15) is 24.2 Å². The predicted octanol–water partition coefficient (Wildman–Crippen LogP) is 3.83. The predicted molar refractivity (Wildman–Crippen MR) is 117 cm³/mol. The number of hydrogen-bond acceptors (Lipinski definition) is 4. The van der Waals surface area contributed by atoms with Gasteiger partial charge >= 0.3 is 6.18 Å². The maximum absolute atomic E-state index is 13.4. The van der Waals surface area contributed by atoms with Crippen LogP contribution in [-0.4, -0.2) is 34.1 Å². The first-order valence-corrected chi connectivity index (χ1v) is 10.2. The Hall–Kier alpha value is -3.82. The van der Waals surface area contributed by atoms with Crippen LogP contribution in [0, 0.1) is 0 Å². The molecule has 1 amide bonds. The number of nitrogens with zero attached hydrogens (tertiary/aromatic N) is 2. The molecule has 4 aromatic rings. The Labute approximate surface area is 186 Å². The van der Waals surface area contributed by atoms with Crippen LogP contribution in [0.5, 0.6) is 5.75 Å². The number of para-hydroxylation sites is 2. The molecule has 0 aliphatic heterocycles. The van der Waals surface area contributed by atoms with Gasteiger partial charge in [0.15, 0.2) is 0 Å².